The summed E-state index contributed by atoms with van der Waals surface area (Å²) in [6, 6.07) is 6.07. The number of anilines is 2. The van der Waals surface area contributed by atoms with Crippen LogP contribution in [0.3, 0.4) is 0 Å². The molecule has 17 heavy (non-hydrogen) atoms. The van der Waals surface area contributed by atoms with E-state index < -0.39 is 0 Å². The Morgan fingerprint density at radius 2 is 1.76 bits per heavy atom. The van der Waals surface area contributed by atoms with Gasteiger partial charge < -0.3 is 10.6 Å². The second-order valence-electron chi connectivity index (χ2n) is 4.80. The Bertz CT molecular complexity index is 310. The van der Waals surface area contributed by atoms with Gasteiger partial charge in [0.1, 0.15) is 11.6 Å². The molecule has 0 atom stereocenters. The van der Waals surface area contributed by atoms with Crippen LogP contribution in [0, 0.1) is 5.92 Å². The van der Waals surface area contributed by atoms with Gasteiger partial charge in [-0.05, 0) is 37.3 Å². The van der Waals surface area contributed by atoms with Crippen molar-refractivity contribution >= 4 is 11.6 Å². The molecular formula is C14H25N3. The van der Waals surface area contributed by atoms with Crippen molar-refractivity contribution in [3.63, 3.8) is 0 Å². The monoisotopic (exact) mass is 235 g/mol. The van der Waals surface area contributed by atoms with E-state index in [-0.39, 0.29) is 0 Å². The van der Waals surface area contributed by atoms with Crippen molar-refractivity contribution in [3.05, 3.63) is 18.2 Å². The zero-order valence-electron chi connectivity index (χ0n) is 11.3. The number of aromatic nitrogens is 1. The summed E-state index contributed by atoms with van der Waals surface area (Å²) in [6.45, 7) is 8.65. The van der Waals surface area contributed by atoms with Crippen LogP contribution < -0.4 is 10.6 Å². The smallest absolute Gasteiger partial charge is 0.128 e. The van der Waals surface area contributed by atoms with E-state index >= 15 is 0 Å². The van der Waals surface area contributed by atoms with E-state index in [1.807, 2.05) is 18.2 Å². The van der Waals surface area contributed by atoms with Crippen LogP contribution in [0.15, 0.2) is 18.2 Å². The van der Waals surface area contributed by atoms with E-state index in [4.69, 9.17) is 0 Å². The molecular weight excluding hydrogens is 210 g/mol. The van der Waals surface area contributed by atoms with Gasteiger partial charge in [-0.1, -0.05) is 26.8 Å². The first-order valence-corrected chi connectivity index (χ1v) is 6.67. The van der Waals surface area contributed by atoms with Crippen molar-refractivity contribution in [2.75, 3.05) is 23.7 Å². The first-order valence-electron chi connectivity index (χ1n) is 6.67. The molecule has 0 aliphatic heterocycles. The minimum absolute atomic E-state index is 0.780. The number of hydrogen-bond acceptors (Lipinski definition) is 3. The quantitative estimate of drug-likeness (QED) is 0.674. The molecule has 0 fully saturated rings. The van der Waals surface area contributed by atoms with Gasteiger partial charge in [-0.15, -0.1) is 0 Å². The van der Waals surface area contributed by atoms with E-state index in [0.29, 0.717) is 0 Å². The molecule has 1 heterocycles. The summed E-state index contributed by atoms with van der Waals surface area (Å²) in [5.74, 6) is 2.71. The lowest BCUT2D eigenvalue weighted by Crippen LogP contribution is -2.07. The Balaban J connectivity index is 2.32. The van der Waals surface area contributed by atoms with Crippen LogP contribution in [0.1, 0.15) is 40.0 Å². The second kappa shape index (κ2) is 7.93. The van der Waals surface area contributed by atoms with Gasteiger partial charge in [0.2, 0.25) is 0 Å². The lowest BCUT2D eigenvalue weighted by Gasteiger charge is -2.09. The summed E-state index contributed by atoms with van der Waals surface area (Å²) in [5.41, 5.74) is 0. The Morgan fingerprint density at radius 1 is 1.12 bits per heavy atom. The lowest BCUT2D eigenvalue weighted by molar-refractivity contribution is 0.566. The predicted octanol–water partition coefficient (Wildman–Crippen LogP) is 3.75. The number of rotatable bonds is 8. The molecule has 0 saturated carbocycles. The number of nitrogens with zero attached hydrogens (tertiary/aromatic N) is 1. The summed E-state index contributed by atoms with van der Waals surface area (Å²) in [6.07, 6.45) is 3.58. The molecule has 0 unspecified atom stereocenters. The average molecular weight is 235 g/mol. The normalized spacial score (nSPS) is 10.6. The van der Waals surface area contributed by atoms with Crippen molar-refractivity contribution < 1.29 is 0 Å². The van der Waals surface area contributed by atoms with Crippen molar-refractivity contribution in [2.45, 2.75) is 40.0 Å². The predicted molar refractivity (Wildman–Crippen MR) is 75.6 cm³/mol. The number of pyridine rings is 1. The highest BCUT2D eigenvalue weighted by Gasteiger charge is 1.97. The van der Waals surface area contributed by atoms with E-state index in [1.54, 1.807) is 0 Å². The van der Waals surface area contributed by atoms with Crippen molar-refractivity contribution in [3.8, 4) is 0 Å². The summed E-state index contributed by atoms with van der Waals surface area (Å²) in [5, 5.41) is 6.66. The Morgan fingerprint density at radius 3 is 2.35 bits per heavy atom. The number of hydrogen-bond donors (Lipinski definition) is 2. The van der Waals surface area contributed by atoms with Crippen LogP contribution >= 0.6 is 0 Å². The van der Waals surface area contributed by atoms with E-state index in [2.05, 4.69) is 36.4 Å². The summed E-state index contributed by atoms with van der Waals surface area (Å²) >= 11 is 0. The third kappa shape index (κ3) is 6.15. The highest BCUT2D eigenvalue weighted by molar-refractivity contribution is 5.44. The molecule has 1 aromatic rings. The van der Waals surface area contributed by atoms with Crippen molar-refractivity contribution in [1.82, 2.24) is 4.98 Å². The van der Waals surface area contributed by atoms with Gasteiger partial charge in [0.15, 0.2) is 0 Å². The molecule has 3 heteroatoms. The van der Waals surface area contributed by atoms with Crippen LogP contribution in [0.2, 0.25) is 0 Å². The first kappa shape index (κ1) is 13.8. The molecule has 0 bridgehead atoms. The SMILES string of the molecule is CCCNc1cccc(NCCCC(C)C)n1. The largest absolute Gasteiger partial charge is 0.370 e. The summed E-state index contributed by atoms with van der Waals surface area (Å²) in [7, 11) is 0. The maximum absolute atomic E-state index is 4.50. The van der Waals surface area contributed by atoms with Crippen LogP contribution in [0.25, 0.3) is 0 Å². The fourth-order valence-electron chi connectivity index (χ4n) is 1.61. The Hall–Kier alpha value is -1.25. The highest BCUT2D eigenvalue weighted by Crippen LogP contribution is 2.10. The molecule has 0 saturated heterocycles. The van der Waals surface area contributed by atoms with Gasteiger partial charge in [-0.3, -0.25) is 0 Å². The molecule has 0 radical (unpaired) electrons. The minimum Gasteiger partial charge on any atom is -0.370 e. The lowest BCUT2D eigenvalue weighted by atomic mass is 10.1. The maximum atomic E-state index is 4.50. The van der Waals surface area contributed by atoms with E-state index in [0.717, 1.165) is 37.1 Å². The van der Waals surface area contributed by atoms with Crippen molar-refractivity contribution in [1.29, 1.82) is 0 Å². The third-order valence-electron chi connectivity index (χ3n) is 2.57. The summed E-state index contributed by atoms with van der Waals surface area (Å²) < 4.78 is 0. The van der Waals surface area contributed by atoms with Gasteiger partial charge in [0.25, 0.3) is 0 Å². The van der Waals surface area contributed by atoms with Gasteiger partial charge in [-0.2, -0.15) is 0 Å². The fraction of sp³-hybridized carbons (Fsp3) is 0.643. The van der Waals surface area contributed by atoms with E-state index in [1.165, 1.54) is 12.8 Å². The van der Waals surface area contributed by atoms with Gasteiger partial charge >= 0.3 is 0 Å². The standard InChI is InChI=1S/C14H25N3/c1-4-10-15-13-8-5-9-14(17-13)16-11-6-7-12(2)3/h5,8-9,12H,4,6-7,10-11H2,1-3H3,(H2,15,16,17). The molecule has 0 aliphatic carbocycles. The molecule has 3 nitrogen and oxygen atoms in total. The van der Waals surface area contributed by atoms with Crippen LogP contribution in [-0.2, 0) is 0 Å². The Labute approximate surface area is 105 Å². The zero-order valence-corrected chi connectivity index (χ0v) is 11.3. The van der Waals surface area contributed by atoms with Crippen LogP contribution in [0.4, 0.5) is 11.6 Å². The molecule has 0 amide bonds. The maximum Gasteiger partial charge on any atom is 0.128 e. The highest BCUT2D eigenvalue weighted by atomic mass is 15.1. The Kier molecular flexibility index (Phi) is 6.45. The van der Waals surface area contributed by atoms with Crippen molar-refractivity contribution in [2.24, 2.45) is 5.92 Å². The molecule has 96 valence electrons. The van der Waals surface area contributed by atoms with Gasteiger partial charge in [0.05, 0.1) is 0 Å². The second-order valence-corrected chi connectivity index (χ2v) is 4.80. The molecule has 0 aromatic carbocycles. The van der Waals surface area contributed by atoms with E-state index in [9.17, 15) is 0 Å². The van der Waals surface area contributed by atoms with Gasteiger partial charge in [0, 0.05) is 13.1 Å². The molecule has 1 rings (SSSR count). The average Bonchev–Trinajstić information content (AvgIpc) is 2.32. The molecule has 0 aliphatic rings. The summed E-state index contributed by atoms with van der Waals surface area (Å²) in [4.78, 5) is 4.50. The molecule has 0 spiro atoms. The minimum atomic E-state index is 0.780. The third-order valence-corrected chi connectivity index (χ3v) is 2.57. The molecule has 1 aromatic heterocycles. The van der Waals surface area contributed by atoms with Crippen LogP contribution in [-0.4, -0.2) is 18.1 Å². The topological polar surface area (TPSA) is 37.0 Å². The van der Waals surface area contributed by atoms with Crippen LogP contribution in [0.5, 0.6) is 0 Å². The molecule has 2 N–H and O–H groups in total. The fourth-order valence-corrected chi connectivity index (χ4v) is 1.61. The number of nitrogens with one attached hydrogen (secondary N) is 2. The van der Waals surface area contributed by atoms with Gasteiger partial charge in [-0.25, -0.2) is 4.98 Å². The first-order chi connectivity index (χ1) is 8.22. The zero-order chi connectivity index (χ0) is 12.5.